The Labute approximate surface area is 99.8 Å². The average Bonchev–Trinajstić information content (AvgIpc) is 2.55. The van der Waals surface area contributed by atoms with Gasteiger partial charge < -0.3 is 4.57 Å². The first-order valence-corrected chi connectivity index (χ1v) is 5.67. The number of aryl methyl sites for hydroxylation is 1. The smallest absolute Gasteiger partial charge is 0.167 e. The third kappa shape index (κ3) is 1.74. The molecule has 2 nitrogen and oxygen atoms in total. The fourth-order valence-corrected chi connectivity index (χ4v) is 2.03. The van der Waals surface area contributed by atoms with Gasteiger partial charge in [0.1, 0.15) is 0 Å². The van der Waals surface area contributed by atoms with Crippen LogP contribution in [0.3, 0.4) is 0 Å². The normalized spacial score (nSPS) is 11.3. The molecular weight excluding hydrogens is 222 g/mol. The fourth-order valence-electron chi connectivity index (χ4n) is 1.86. The van der Waals surface area contributed by atoms with Crippen LogP contribution >= 0.6 is 11.6 Å². The third-order valence-electron chi connectivity index (χ3n) is 2.74. The zero-order valence-corrected chi connectivity index (χ0v) is 10.4. The van der Waals surface area contributed by atoms with E-state index in [1.165, 1.54) is 0 Å². The number of carbonyl (C=O) groups is 1. The van der Waals surface area contributed by atoms with E-state index >= 15 is 0 Å². The van der Waals surface area contributed by atoms with Gasteiger partial charge in [0.25, 0.3) is 0 Å². The molecular formula is C13H14ClNO. The Balaban J connectivity index is 2.69. The second-order valence-electron chi connectivity index (χ2n) is 4.33. The quantitative estimate of drug-likeness (QED) is 0.728. The second kappa shape index (κ2) is 3.95. The van der Waals surface area contributed by atoms with Crippen molar-refractivity contribution in [2.24, 2.45) is 13.0 Å². The van der Waals surface area contributed by atoms with Crippen LogP contribution in [0, 0.1) is 5.92 Å². The maximum absolute atomic E-state index is 12.0. The van der Waals surface area contributed by atoms with Crippen molar-refractivity contribution in [3.05, 3.63) is 35.0 Å². The topological polar surface area (TPSA) is 22.0 Å². The van der Waals surface area contributed by atoms with Crippen molar-refractivity contribution in [2.45, 2.75) is 13.8 Å². The summed E-state index contributed by atoms with van der Waals surface area (Å²) >= 11 is 5.94. The lowest BCUT2D eigenvalue weighted by atomic mass is 10.0. The average molecular weight is 236 g/mol. The molecule has 0 bridgehead atoms. The molecule has 1 aromatic carbocycles. The van der Waals surface area contributed by atoms with Gasteiger partial charge in [-0.05, 0) is 12.1 Å². The summed E-state index contributed by atoms with van der Waals surface area (Å²) in [4.78, 5) is 12.0. The maximum Gasteiger partial charge on any atom is 0.167 e. The largest absolute Gasteiger partial charge is 0.350 e. The molecule has 1 aromatic heterocycles. The monoisotopic (exact) mass is 235 g/mol. The summed E-state index contributed by atoms with van der Waals surface area (Å²) in [7, 11) is 1.93. The van der Waals surface area contributed by atoms with Crippen molar-refractivity contribution in [2.75, 3.05) is 0 Å². The molecule has 0 aliphatic rings. The van der Waals surface area contributed by atoms with Crippen molar-refractivity contribution in [3.63, 3.8) is 0 Å². The van der Waals surface area contributed by atoms with Gasteiger partial charge in [-0.3, -0.25) is 4.79 Å². The van der Waals surface area contributed by atoms with Crippen LogP contribution in [-0.2, 0) is 7.05 Å². The first-order valence-electron chi connectivity index (χ1n) is 5.29. The van der Waals surface area contributed by atoms with E-state index in [1.54, 1.807) is 0 Å². The minimum Gasteiger partial charge on any atom is -0.350 e. The third-order valence-corrected chi connectivity index (χ3v) is 2.98. The zero-order valence-electron chi connectivity index (χ0n) is 9.62. The van der Waals surface area contributed by atoms with Crippen LogP contribution in [0.25, 0.3) is 10.9 Å². The standard InChI is InChI=1S/C13H14ClNO/c1-8(2)13(16)11-7-15(3)12-6-9(14)4-5-10(11)12/h4-8H,1-3H3. The van der Waals surface area contributed by atoms with Crippen LogP contribution in [0.5, 0.6) is 0 Å². The summed E-state index contributed by atoms with van der Waals surface area (Å²) < 4.78 is 1.94. The lowest BCUT2D eigenvalue weighted by molar-refractivity contribution is 0.0941. The summed E-state index contributed by atoms with van der Waals surface area (Å²) in [6.45, 7) is 3.83. The molecule has 0 spiro atoms. The van der Waals surface area contributed by atoms with Gasteiger partial charge in [-0.25, -0.2) is 0 Å². The van der Waals surface area contributed by atoms with Crippen LogP contribution in [0.15, 0.2) is 24.4 Å². The number of aromatic nitrogens is 1. The van der Waals surface area contributed by atoms with Gasteiger partial charge in [0, 0.05) is 40.7 Å². The summed E-state index contributed by atoms with van der Waals surface area (Å²) in [5.74, 6) is 0.189. The van der Waals surface area contributed by atoms with E-state index in [0.29, 0.717) is 5.02 Å². The summed E-state index contributed by atoms with van der Waals surface area (Å²) in [6, 6.07) is 5.61. The van der Waals surface area contributed by atoms with E-state index in [1.807, 2.05) is 49.9 Å². The molecule has 0 N–H and O–H groups in total. The molecule has 0 saturated carbocycles. The van der Waals surface area contributed by atoms with E-state index in [-0.39, 0.29) is 11.7 Å². The van der Waals surface area contributed by atoms with E-state index < -0.39 is 0 Å². The number of benzene rings is 1. The molecule has 0 aliphatic heterocycles. The first-order chi connectivity index (χ1) is 7.50. The summed E-state index contributed by atoms with van der Waals surface area (Å²) in [5.41, 5.74) is 1.78. The minimum atomic E-state index is 0.0151. The second-order valence-corrected chi connectivity index (χ2v) is 4.77. The lowest BCUT2D eigenvalue weighted by Gasteiger charge is -2.01. The van der Waals surface area contributed by atoms with Gasteiger partial charge in [0.15, 0.2) is 5.78 Å². The van der Waals surface area contributed by atoms with Crippen molar-refractivity contribution >= 4 is 28.3 Å². The highest BCUT2D eigenvalue weighted by Crippen LogP contribution is 2.25. The van der Waals surface area contributed by atoms with Crippen molar-refractivity contribution in [1.82, 2.24) is 4.57 Å². The van der Waals surface area contributed by atoms with Gasteiger partial charge >= 0.3 is 0 Å². The van der Waals surface area contributed by atoms with E-state index in [9.17, 15) is 4.79 Å². The molecule has 2 rings (SSSR count). The van der Waals surface area contributed by atoms with Crippen LogP contribution in [0.2, 0.25) is 5.02 Å². The number of fused-ring (bicyclic) bond motifs is 1. The molecule has 0 aliphatic carbocycles. The van der Waals surface area contributed by atoms with Crippen LogP contribution in [0.4, 0.5) is 0 Å². The van der Waals surface area contributed by atoms with Gasteiger partial charge in [-0.15, -0.1) is 0 Å². The summed E-state index contributed by atoms with van der Waals surface area (Å²) in [6.07, 6.45) is 1.88. The Kier molecular flexibility index (Phi) is 2.76. The van der Waals surface area contributed by atoms with Gasteiger partial charge in [-0.2, -0.15) is 0 Å². The number of halogens is 1. The molecule has 0 fully saturated rings. The predicted octanol–water partition coefficient (Wildman–Crippen LogP) is 3.67. The lowest BCUT2D eigenvalue weighted by Crippen LogP contribution is -2.06. The maximum atomic E-state index is 12.0. The molecule has 3 heteroatoms. The van der Waals surface area contributed by atoms with Crippen LogP contribution < -0.4 is 0 Å². The SMILES string of the molecule is CC(C)C(=O)c1cn(C)c2cc(Cl)ccc12. The fraction of sp³-hybridized carbons (Fsp3) is 0.308. The molecule has 1 heterocycles. The molecule has 0 atom stereocenters. The van der Waals surface area contributed by atoms with Gasteiger partial charge in [-0.1, -0.05) is 31.5 Å². The van der Waals surface area contributed by atoms with Gasteiger partial charge in [0.2, 0.25) is 0 Å². The van der Waals surface area contributed by atoms with Gasteiger partial charge in [0.05, 0.1) is 0 Å². The van der Waals surface area contributed by atoms with E-state index in [4.69, 9.17) is 11.6 Å². The number of Topliss-reactive ketones (excluding diaryl/α,β-unsaturated/α-hetero) is 1. The van der Waals surface area contributed by atoms with Crippen LogP contribution in [-0.4, -0.2) is 10.4 Å². The highest BCUT2D eigenvalue weighted by atomic mass is 35.5. The molecule has 0 saturated heterocycles. The van der Waals surface area contributed by atoms with Crippen molar-refractivity contribution < 1.29 is 4.79 Å². The summed E-state index contributed by atoms with van der Waals surface area (Å²) in [5, 5.41) is 1.67. The number of ketones is 1. The number of hydrogen-bond acceptors (Lipinski definition) is 1. The first kappa shape index (κ1) is 11.2. The molecule has 2 aromatic rings. The Morgan fingerprint density at radius 3 is 2.69 bits per heavy atom. The number of rotatable bonds is 2. The molecule has 0 amide bonds. The Morgan fingerprint density at radius 1 is 1.38 bits per heavy atom. The highest BCUT2D eigenvalue weighted by Gasteiger charge is 2.16. The Hall–Kier alpha value is -1.28. The Morgan fingerprint density at radius 2 is 2.06 bits per heavy atom. The molecule has 0 unspecified atom stereocenters. The Bertz CT molecular complexity index is 554. The van der Waals surface area contributed by atoms with Crippen molar-refractivity contribution in [1.29, 1.82) is 0 Å². The zero-order chi connectivity index (χ0) is 11.9. The molecule has 0 radical (unpaired) electrons. The molecule has 16 heavy (non-hydrogen) atoms. The molecule has 84 valence electrons. The predicted molar refractivity (Wildman–Crippen MR) is 67.1 cm³/mol. The number of hydrogen-bond donors (Lipinski definition) is 0. The minimum absolute atomic E-state index is 0.0151. The van der Waals surface area contributed by atoms with Crippen molar-refractivity contribution in [3.8, 4) is 0 Å². The number of nitrogens with zero attached hydrogens (tertiary/aromatic N) is 1. The van der Waals surface area contributed by atoms with E-state index in [0.717, 1.165) is 16.5 Å². The van der Waals surface area contributed by atoms with Crippen LogP contribution in [0.1, 0.15) is 24.2 Å². The number of carbonyl (C=O) groups excluding carboxylic acids is 1. The highest BCUT2D eigenvalue weighted by molar-refractivity contribution is 6.31. The van der Waals surface area contributed by atoms with E-state index in [2.05, 4.69) is 0 Å².